The van der Waals surface area contributed by atoms with Crippen molar-refractivity contribution < 1.29 is 14.3 Å². The third-order valence-electron chi connectivity index (χ3n) is 5.53. The van der Waals surface area contributed by atoms with E-state index in [9.17, 15) is 9.59 Å². The number of fused-ring (bicyclic) bond motifs is 1. The molecule has 2 amide bonds. The Morgan fingerprint density at radius 1 is 1.19 bits per heavy atom. The summed E-state index contributed by atoms with van der Waals surface area (Å²) in [4.78, 5) is 29.0. The Morgan fingerprint density at radius 2 is 1.97 bits per heavy atom. The minimum absolute atomic E-state index is 0.0315. The van der Waals surface area contributed by atoms with Gasteiger partial charge in [-0.25, -0.2) is 4.68 Å². The molecule has 0 unspecified atom stereocenters. The fraction of sp³-hybridized carbons (Fsp3) is 0.500. The molecule has 0 bridgehead atoms. The van der Waals surface area contributed by atoms with Gasteiger partial charge in [-0.2, -0.15) is 5.10 Å². The van der Waals surface area contributed by atoms with Crippen LogP contribution in [-0.4, -0.2) is 78.2 Å². The minimum Gasteiger partial charge on any atom is -0.379 e. The van der Waals surface area contributed by atoms with Crippen LogP contribution in [0.4, 0.5) is 5.69 Å². The highest BCUT2D eigenvalue weighted by Crippen LogP contribution is 2.39. The van der Waals surface area contributed by atoms with Gasteiger partial charge in [-0.3, -0.25) is 14.5 Å². The van der Waals surface area contributed by atoms with Gasteiger partial charge in [-0.1, -0.05) is 30.0 Å². The van der Waals surface area contributed by atoms with Crippen molar-refractivity contribution >= 4 is 29.3 Å². The molecule has 166 valence electrons. The van der Waals surface area contributed by atoms with Crippen molar-refractivity contribution in [3.05, 3.63) is 36.0 Å². The average Bonchev–Trinajstić information content (AvgIpc) is 3.13. The predicted molar refractivity (Wildman–Crippen MR) is 121 cm³/mol. The summed E-state index contributed by atoms with van der Waals surface area (Å²) in [5, 5.41) is 8.66. The summed E-state index contributed by atoms with van der Waals surface area (Å²) in [6.45, 7) is 7.31. The van der Waals surface area contributed by atoms with Crippen LogP contribution in [0.25, 0.3) is 5.69 Å². The molecule has 2 aromatic rings. The molecule has 1 aromatic heterocycles. The Labute approximate surface area is 186 Å². The molecule has 0 radical (unpaired) electrons. The van der Waals surface area contributed by atoms with Crippen LogP contribution in [0.15, 0.2) is 35.4 Å². The zero-order chi connectivity index (χ0) is 21.6. The van der Waals surface area contributed by atoms with Gasteiger partial charge in [0, 0.05) is 39.1 Å². The second-order valence-electron chi connectivity index (χ2n) is 7.73. The molecule has 0 aliphatic carbocycles. The number of benzene rings is 1. The van der Waals surface area contributed by atoms with E-state index < -0.39 is 0 Å². The first-order chi connectivity index (χ1) is 15.1. The zero-order valence-corrected chi connectivity index (χ0v) is 18.7. The van der Waals surface area contributed by atoms with Crippen LogP contribution in [0.1, 0.15) is 18.5 Å². The molecule has 2 aliphatic rings. The first-order valence-corrected chi connectivity index (χ1v) is 11.8. The van der Waals surface area contributed by atoms with Gasteiger partial charge in [0.15, 0.2) is 0 Å². The number of hydrogen-bond acceptors (Lipinski definition) is 6. The molecule has 9 heteroatoms. The number of nitrogens with zero attached hydrogens (tertiary/aromatic N) is 4. The smallest absolute Gasteiger partial charge is 0.237 e. The summed E-state index contributed by atoms with van der Waals surface area (Å²) in [7, 11) is 0. The van der Waals surface area contributed by atoms with Crippen LogP contribution in [-0.2, 0) is 14.3 Å². The van der Waals surface area contributed by atoms with E-state index in [1.165, 1.54) is 11.8 Å². The van der Waals surface area contributed by atoms with Crippen LogP contribution in [0.5, 0.6) is 0 Å². The molecule has 8 nitrogen and oxygen atoms in total. The second-order valence-corrected chi connectivity index (χ2v) is 8.69. The van der Waals surface area contributed by atoms with Crippen molar-refractivity contribution in [1.82, 2.24) is 20.0 Å². The maximum atomic E-state index is 12.6. The van der Waals surface area contributed by atoms with Gasteiger partial charge in [0.2, 0.25) is 11.8 Å². The van der Waals surface area contributed by atoms with E-state index in [1.54, 1.807) is 4.90 Å². The fourth-order valence-corrected chi connectivity index (χ4v) is 5.00. The Bertz CT molecular complexity index is 911. The second kappa shape index (κ2) is 10.3. The number of carbonyl (C=O) groups is 2. The Hall–Kier alpha value is -2.36. The van der Waals surface area contributed by atoms with Crippen LogP contribution in [0, 0.1) is 6.92 Å². The van der Waals surface area contributed by atoms with E-state index >= 15 is 0 Å². The van der Waals surface area contributed by atoms with Gasteiger partial charge >= 0.3 is 0 Å². The predicted octanol–water partition coefficient (Wildman–Crippen LogP) is 1.85. The molecule has 1 aromatic carbocycles. The Balaban J connectivity index is 1.32. The van der Waals surface area contributed by atoms with Crippen LogP contribution >= 0.6 is 11.8 Å². The lowest BCUT2D eigenvalue weighted by Crippen LogP contribution is -2.41. The van der Waals surface area contributed by atoms with Crippen molar-refractivity contribution in [2.24, 2.45) is 0 Å². The summed E-state index contributed by atoms with van der Waals surface area (Å²) in [6.07, 6.45) is 1.02. The standard InChI is InChI=1S/C22H29N5O3S/c1-17-21-22(27(24-17)18-6-3-2-4-7-18)31-16-20(29)26(21)10-5-8-19(28)23-9-11-25-12-14-30-15-13-25/h2-4,6-7H,5,8-16H2,1H3,(H,23,28). The number of anilines is 1. The highest BCUT2D eigenvalue weighted by molar-refractivity contribution is 8.00. The highest BCUT2D eigenvalue weighted by Gasteiger charge is 2.31. The van der Waals surface area contributed by atoms with Gasteiger partial charge < -0.3 is 15.0 Å². The normalized spacial score (nSPS) is 16.9. The van der Waals surface area contributed by atoms with Gasteiger partial charge in [0.1, 0.15) is 5.03 Å². The van der Waals surface area contributed by atoms with E-state index in [2.05, 4.69) is 15.3 Å². The SMILES string of the molecule is Cc1nn(-c2ccccc2)c2c1N(CCCC(=O)NCCN1CCOCC1)C(=O)CS2. The third-order valence-corrected chi connectivity index (χ3v) is 6.56. The van der Waals surface area contributed by atoms with Crippen LogP contribution < -0.4 is 10.2 Å². The molecule has 2 aliphatic heterocycles. The lowest BCUT2D eigenvalue weighted by Gasteiger charge is -2.27. The van der Waals surface area contributed by atoms with Gasteiger partial charge in [0.05, 0.1) is 36.0 Å². The van der Waals surface area contributed by atoms with E-state index in [4.69, 9.17) is 4.74 Å². The van der Waals surface area contributed by atoms with E-state index in [-0.39, 0.29) is 11.8 Å². The number of ether oxygens (including phenoxy) is 1. The molecular weight excluding hydrogens is 414 g/mol. The molecule has 0 saturated carbocycles. The van der Waals surface area contributed by atoms with E-state index in [1.807, 2.05) is 41.9 Å². The van der Waals surface area contributed by atoms with E-state index in [0.29, 0.717) is 31.7 Å². The molecule has 4 rings (SSSR count). The fourth-order valence-electron chi connectivity index (χ4n) is 3.92. The van der Waals surface area contributed by atoms with Crippen molar-refractivity contribution in [2.75, 3.05) is 56.6 Å². The third kappa shape index (κ3) is 5.28. The van der Waals surface area contributed by atoms with Crippen LogP contribution in [0.2, 0.25) is 0 Å². The number of hydrogen-bond donors (Lipinski definition) is 1. The molecule has 1 fully saturated rings. The molecule has 0 atom stereocenters. The van der Waals surface area contributed by atoms with Gasteiger partial charge in [-0.15, -0.1) is 0 Å². The van der Waals surface area contributed by atoms with Gasteiger partial charge in [-0.05, 0) is 25.5 Å². The first kappa shape index (κ1) is 21.9. The molecule has 0 spiro atoms. The topological polar surface area (TPSA) is 79.7 Å². The summed E-state index contributed by atoms with van der Waals surface area (Å²) < 4.78 is 7.25. The highest BCUT2D eigenvalue weighted by atomic mass is 32.2. The Morgan fingerprint density at radius 3 is 2.74 bits per heavy atom. The van der Waals surface area contributed by atoms with Gasteiger partial charge in [0.25, 0.3) is 0 Å². The van der Waals surface area contributed by atoms with Crippen molar-refractivity contribution in [3.8, 4) is 5.69 Å². The molecule has 1 saturated heterocycles. The van der Waals surface area contributed by atoms with Crippen molar-refractivity contribution in [1.29, 1.82) is 0 Å². The number of carbonyl (C=O) groups excluding carboxylic acids is 2. The molecule has 3 heterocycles. The maximum absolute atomic E-state index is 12.6. The number of aryl methyl sites for hydroxylation is 1. The molecule has 1 N–H and O–H groups in total. The zero-order valence-electron chi connectivity index (χ0n) is 17.9. The lowest BCUT2D eigenvalue weighted by molar-refractivity contribution is -0.121. The number of para-hydroxylation sites is 1. The number of morpholine rings is 1. The maximum Gasteiger partial charge on any atom is 0.237 e. The van der Waals surface area contributed by atoms with Crippen molar-refractivity contribution in [3.63, 3.8) is 0 Å². The summed E-state index contributed by atoms with van der Waals surface area (Å²) in [5.74, 6) is 0.487. The van der Waals surface area contributed by atoms with Crippen molar-refractivity contribution in [2.45, 2.75) is 24.8 Å². The largest absolute Gasteiger partial charge is 0.379 e. The lowest BCUT2D eigenvalue weighted by atomic mass is 10.2. The number of aromatic nitrogens is 2. The first-order valence-electron chi connectivity index (χ1n) is 10.8. The number of amides is 2. The number of rotatable bonds is 8. The quantitative estimate of drug-likeness (QED) is 0.671. The summed E-state index contributed by atoms with van der Waals surface area (Å²) in [5.41, 5.74) is 2.68. The average molecular weight is 444 g/mol. The summed E-state index contributed by atoms with van der Waals surface area (Å²) in [6, 6.07) is 9.95. The minimum atomic E-state index is 0.0315. The Kier molecular flexibility index (Phi) is 7.26. The number of thioether (sulfide) groups is 1. The van der Waals surface area contributed by atoms with E-state index in [0.717, 1.165) is 54.9 Å². The van der Waals surface area contributed by atoms with Crippen LogP contribution in [0.3, 0.4) is 0 Å². The molecular formula is C22H29N5O3S. The molecule has 31 heavy (non-hydrogen) atoms. The number of nitrogens with one attached hydrogen (secondary N) is 1. The monoisotopic (exact) mass is 443 g/mol. The summed E-state index contributed by atoms with van der Waals surface area (Å²) >= 11 is 1.52.